The molecule has 0 bridgehead atoms. The molecule has 1 unspecified atom stereocenters. The molecule has 3 aromatic carbocycles. The molecule has 0 aliphatic carbocycles. The van der Waals surface area contributed by atoms with Gasteiger partial charge in [0.2, 0.25) is 0 Å². The number of carboxylic acid groups (broad SMARTS) is 1. The van der Waals surface area contributed by atoms with E-state index in [1.807, 2.05) is 13.8 Å². The Morgan fingerprint density at radius 2 is 1.68 bits per heavy atom. The van der Waals surface area contributed by atoms with Gasteiger partial charge in [-0.25, -0.2) is 4.39 Å². The molecule has 0 radical (unpaired) electrons. The molecule has 37 heavy (non-hydrogen) atoms. The Hall–Kier alpha value is -3.38. The number of rotatable bonds is 11. The maximum atomic E-state index is 13.6. The van der Waals surface area contributed by atoms with Gasteiger partial charge in [-0.2, -0.15) is 0 Å². The lowest BCUT2D eigenvalue weighted by molar-refractivity contribution is -0.136. The maximum absolute atomic E-state index is 13.6. The van der Waals surface area contributed by atoms with E-state index >= 15 is 0 Å². The minimum absolute atomic E-state index is 0.0905. The van der Waals surface area contributed by atoms with Crippen molar-refractivity contribution in [3.63, 3.8) is 0 Å². The highest BCUT2D eigenvalue weighted by Gasteiger charge is 2.21. The minimum atomic E-state index is -0.939. The van der Waals surface area contributed by atoms with Gasteiger partial charge in [0, 0.05) is 17.5 Å². The number of nitrogens with one attached hydrogen (secondary N) is 1. The molecular weight excluding hydrogens is 493 g/mol. The van der Waals surface area contributed by atoms with Crippen molar-refractivity contribution in [3.05, 3.63) is 98.8 Å². The maximum Gasteiger partial charge on any atom is 0.303 e. The first-order valence-corrected chi connectivity index (χ1v) is 12.7. The first kappa shape index (κ1) is 28.2. The predicted molar refractivity (Wildman–Crippen MR) is 144 cm³/mol. The topological polar surface area (TPSA) is 75.6 Å². The third-order valence-corrected chi connectivity index (χ3v) is 6.35. The van der Waals surface area contributed by atoms with E-state index in [1.165, 1.54) is 12.1 Å². The third kappa shape index (κ3) is 8.32. The van der Waals surface area contributed by atoms with E-state index in [1.54, 1.807) is 24.3 Å². The molecule has 196 valence electrons. The lowest BCUT2D eigenvalue weighted by atomic mass is 9.93. The molecule has 7 heteroatoms. The van der Waals surface area contributed by atoms with Crippen molar-refractivity contribution in [2.75, 3.05) is 0 Å². The summed E-state index contributed by atoms with van der Waals surface area (Å²) in [6.07, 6.45) is 0.858. The molecule has 3 aromatic rings. The number of amides is 1. The number of hydrogen-bond acceptors (Lipinski definition) is 3. The fourth-order valence-electron chi connectivity index (χ4n) is 4.31. The highest BCUT2D eigenvalue weighted by molar-refractivity contribution is 6.31. The predicted octanol–water partition coefficient (Wildman–Crippen LogP) is 7.21. The average molecular weight is 526 g/mol. The highest BCUT2D eigenvalue weighted by Crippen LogP contribution is 2.27. The molecule has 2 N–H and O–H groups in total. The summed E-state index contributed by atoms with van der Waals surface area (Å²) in [6, 6.07) is 15.2. The number of aliphatic carboxylic acids is 1. The highest BCUT2D eigenvalue weighted by atomic mass is 35.5. The Morgan fingerprint density at radius 1 is 1.00 bits per heavy atom. The standard InChI is InChI=1S/C30H33ClFNO4/c1-18(2)11-28(23-13-19(3)12-20(4)14-23)33-30(36)26-16-25(9-6-21(26)7-10-29(34)35)37-17-22-5-8-24(32)15-27(22)31/h5-6,8-9,12-16,18,28H,7,10-11,17H2,1-4H3,(H,33,36)(H,34,35). The zero-order valence-electron chi connectivity index (χ0n) is 21.6. The molecule has 5 nitrogen and oxygen atoms in total. The monoisotopic (exact) mass is 525 g/mol. The van der Waals surface area contributed by atoms with Crippen LogP contribution in [-0.2, 0) is 17.8 Å². The van der Waals surface area contributed by atoms with E-state index < -0.39 is 11.8 Å². The number of hydrogen-bond donors (Lipinski definition) is 2. The molecule has 0 aromatic heterocycles. The van der Waals surface area contributed by atoms with Crippen LogP contribution in [0.5, 0.6) is 5.75 Å². The van der Waals surface area contributed by atoms with Crippen LogP contribution in [0.15, 0.2) is 54.6 Å². The van der Waals surface area contributed by atoms with E-state index in [0.717, 1.165) is 23.1 Å². The van der Waals surface area contributed by atoms with Crippen molar-refractivity contribution < 1.29 is 23.8 Å². The molecule has 0 spiro atoms. The second kappa shape index (κ2) is 12.7. The molecule has 0 saturated heterocycles. The molecule has 1 amide bonds. The van der Waals surface area contributed by atoms with Crippen LogP contribution in [-0.4, -0.2) is 17.0 Å². The SMILES string of the molecule is Cc1cc(C)cc(C(CC(C)C)NC(=O)c2cc(OCc3ccc(F)cc3Cl)ccc2CCC(=O)O)c1. The smallest absolute Gasteiger partial charge is 0.303 e. The van der Waals surface area contributed by atoms with E-state index in [9.17, 15) is 19.1 Å². The lowest BCUT2D eigenvalue weighted by Crippen LogP contribution is -2.30. The van der Waals surface area contributed by atoms with E-state index in [0.29, 0.717) is 28.4 Å². The number of aryl methyl sites for hydroxylation is 3. The summed E-state index contributed by atoms with van der Waals surface area (Å²) >= 11 is 6.11. The number of benzene rings is 3. The Kier molecular flexibility index (Phi) is 9.70. The Bertz CT molecular complexity index is 1250. The Balaban J connectivity index is 1.89. The molecule has 0 aliphatic rings. The Morgan fingerprint density at radius 3 is 2.30 bits per heavy atom. The van der Waals surface area contributed by atoms with Gasteiger partial charge in [0.05, 0.1) is 11.1 Å². The van der Waals surface area contributed by atoms with Gasteiger partial charge in [0.25, 0.3) is 5.91 Å². The first-order valence-electron chi connectivity index (χ1n) is 12.3. The summed E-state index contributed by atoms with van der Waals surface area (Å²) in [5.41, 5.74) is 4.86. The Labute approximate surface area is 222 Å². The van der Waals surface area contributed by atoms with Crippen LogP contribution >= 0.6 is 11.6 Å². The van der Waals surface area contributed by atoms with Crippen molar-refractivity contribution in [2.45, 2.75) is 59.6 Å². The summed E-state index contributed by atoms with van der Waals surface area (Å²) in [6.45, 7) is 8.36. The van der Waals surface area contributed by atoms with Crippen LogP contribution in [0.1, 0.15) is 70.9 Å². The number of carbonyl (C=O) groups is 2. The molecular formula is C30H33ClFNO4. The van der Waals surface area contributed by atoms with Crippen molar-refractivity contribution >= 4 is 23.5 Å². The van der Waals surface area contributed by atoms with E-state index in [-0.39, 0.29) is 36.4 Å². The van der Waals surface area contributed by atoms with Crippen LogP contribution in [0.2, 0.25) is 5.02 Å². The van der Waals surface area contributed by atoms with Gasteiger partial charge in [-0.3, -0.25) is 9.59 Å². The van der Waals surface area contributed by atoms with Gasteiger partial charge < -0.3 is 15.2 Å². The van der Waals surface area contributed by atoms with Gasteiger partial charge >= 0.3 is 5.97 Å². The second-order valence-electron chi connectivity index (χ2n) is 9.81. The number of carboxylic acids is 1. The number of carbonyl (C=O) groups excluding carboxylic acids is 1. The van der Waals surface area contributed by atoms with Crippen LogP contribution < -0.4 is 10.1 Å². The van der Waals surface area contributed by atoms with Gasteiger partial charge in [0.1, 0.15) is 18.2 Å². The summed E-state index contributed by atoms with van der Waals surface area (Å²) in [5, 5.41) is 12.6. The molecule has 0 aliphatic heterocycles. The minimum Gasteiger partial charge on any atom is -0.489 e. The van der Waals surface area contributed by atoms with Crippen molar-refractivity contribution in [1.29, 1.82) is 0 Å². The van der Waals surface area contributed by atoms with Crippen molar-refractivity contribution in [3.8, 4) is 5.75 Å². The van der Waals surface area contributed by atoms with Gasteiger partial charge in [0.15, 0.2) is 0 Å². The van der Waals surface area contributed by atoms with Gasteiger partial charge in [-0.15, -0.1) is 0 Å². The fraction of sp³-hybridized carbons (Fsp3) is 0.333. The van der Waals surface area contributed by atoms with Gasteiger partial charge in [-0.1, -0.05) is 66.9 Å². The molecule has 1 atom stereocenters. The fourth-order valence-corrected chi connectivity index (χ4v) is 4.53. The van der Waals surface area contributed by atoms with Crippen LogP contribution in [0.25, 0.3) is 0 Å². The van der Waals surface area contributed by atoms with Crippen molar-refractivity contribution in [1.82, 2.24) is 5.32 Å². The van der Waals surface area contributed by atoms with Gasteiger partial charge in [-0.05, 0) is 68.0 Å². The van der Waals surface area contributed by atoms with Crippen LogP contribution in [0.3, 0.4) is 0 Å². The quantitative estimate of drug-likeness (QED) is 0.277. The number of ether oxygens (including phenoxy) is 1. The second-order valence-corrected chi connectivity index (χ2v) is 10.2. The van der Waals surface area contributed by atoms with Crippen LogP contribution in [0.4, 0.5) is 4.39 Å². The molecule has 0 saturated carbocycles. The first-order chi connectivity index (χ1) is 17.5. The molecule has 0 fully saturated rings. The summed E-state index contributed by atoms with van der Waals surface area (Å²) < 4.78 is 19.2. The summed E-state index contributed by atoms with van der Waals surface area (Å²) in [5.74, 6) is -0.902. The lowest BCUT2D eigenvalue weighted by Gasteiger charge is -2.23. The van der Waals surface area contributed by atoms with E-state index in [2.05, 4.69) is 37.4 Å². The third-order valence-electron chi connectivity index (χ3n) is 6.00. The van der Waals surface area contributed by atoms with E-state index in [4.69, 9.17) is 16.3 Å². The largest absolute Gasteiger partial charge is 0.489 e. The summed E-state index contributed by atoms with van der Waals surface area (Å²) in [7, 11) is 0. The average Bonchev–Trinajstić information content (AvgIpc) is 2.81. The molecule has 0 heterocycles. The van der Waals surface area contributed by atoms with Crippen molar-refractivity contribution in [2.24, 2.45) is 5.92 Å². The zero-order valence-corrected chi connectivity index (χ0v) is 22.4. The zero-order chi connectivity index (χ0) is 27.1. The normalized spacial score (nSPS) is 11.9. The van der Waals surface area contributed by atoms with Crippen LogP contribution in [0, 0.1) is 25.6 Å². The molecule has 3 rings (SSSR count). The summed E-state index contributed by atoms with van der Waals surface area (Å²) in [4.78, 5) is 24.8. The number of halogens is 2.